The number of hydrogen-bond acceptors (Lipinski definition) is 4. The van der Waals surface area contributed by atoms with E-state index in [4.69, 9.17) is 4.74 Å². The molecule has 2 aromatic rings. The number of benzene rings is 2. The highest BCUT2D eigenvalue weighted by Gasteiger charge is 2.28. The van der Waals surface area contributed by atoms with Gasteiger partial charge in [0.15, 0.2) is 6.10 Å². The molecule has 0 aliphatic carbocycles. The van der Waals surface area contributed by atoms with Crippen LogP contribution in [0, 0.1) is 0 Å². The van der Waals surface area contributed by atoms with Crippen LogP contribution in [0.1, 0.15) is 15.9 Å². The maximum absolute atomic E-state index is 12.1. The van der Waals surface area contributed by atoms with Crippen LogP contribution in [0.15, 0.2) is 48.5 Å². The standard InChI is InChI=1S/C17H15NO4/c1-21-17(20)12-7-8-13-14(10-12)22-15(16(19)18-13)9-11-5-3-2-4-6-11/h2-8,10,15H,9H2,1H3,(H,18,19)/t15-/m0/s1. The molecule has 1 amide bonds. The number of hydrogen-bond donors (Lipinski definition) is 1. The Morgan fingerprint density at radius 1 is 1.23 bits per heavy atom. The zero-order valence-corrected chi connectivity index (χ0v) is 12.0. The number of ether oxygens (including phenoxy) is 2. The van der Waals surface area contributed by atoms with E-state index >= 15 is 0 Å². The van der Waals surface area contributed by atoms with Crippen LogP contribution in [0.3, 0.4) is 0 Å². The summed E-state index contributed by atoms with van der Waals surface area (Å²) in [5.41, 5.74) is 1.95. The molecule has 22 heavy (non-hydrogen) atoms. The molecule has 5 nitrogen and oxygen atoms in total. The van der Waals surface area contributed by atoms with Gasteiger partial charge in [0.1, 0.15) is 5.75 Å². The van der Waals surface area contributed by atoms with Gasteiger partial charge in [-0.3, -0.25) is 4.79 Å². The second kappa shape index (κ2) is 5.89. The van der Waals surface area contributed by atoms with Crippen molar-refractivity contribution in [2.24, 2.45) is 0 Å². The molecule has 0 fully saturated rings. The van der Waals surface area contributed by atoms with Crippen LogP contribution in [-0.4, -0.2) is 25.1 Å². The van der Waals surface area contributed by atoms with Gasteiger partial charge >= 0.3 is 5.97 Å². The van der Waals surface area contributed by atoms with Crippen LogP contribution in [0.2, 0.25) is 0 Å². The molecule has 0 saturated carbocycles. The van der Waals surface area contributed by atoms with Crippen LogP contribution in [0.5, 0.6) is 5.75 Å². The Kier molecular flexibility index (Phi) is 3.78. The Labute approximate surface area is 127 Å². The third-order valence-electron chi connectivity index (χ3n) is 3.49. The molecule has 0 bridgehead atoms. The first-order valence-electron chi connectivity index (χ1n) is 6.91. The molecular formula is C17H15NO4. The zero-order chi connectivity index (χ0) is 15.5. The second-order valence-electron chi connectivity index (χ2n) is 4.99. The van der Waals surface area contributed by atoms with Crippen molar-refractivity contribution < 1.29 is 19.1 Å². The van der Waals surface area contributed by atoms with E-state index in [1.165, 1.54) is 7.11 Å². The lowest BCUT2D eigenvalue weighted by Crippen LogP contribution is -2.38. The van der Waals surface area contributed by atoms with Gasteiger partial charge < -0.3 is 14.8 Å². The molecule has 0 aromatic heterocycles. The largest absolute Gasteiger partial charge is 0.478 e. The van der Waals surface area contributed by atoms with Gasteiger partial charge in [-0.05, 0) is 23.8 Å². The average molecular weight is 297 g/mol. The summed E-state index contributed by atoms with van der Waals surface area (Å²) >= 11 is 0. The van der Waals surface area contributed by atoms with E-state index in [-0.39, 0.29) is 5.91 Å². The van der Waals surface area contributed by atoms with Crippen molar-refractivity contribution in [3.63, 3.8) is 0 Å². The summed E-state index contributed by atoms with van der Waals surface area (Å²) in [6, 6.07) is 14.4. The average Bonchev–Trinajstić information content (AvgIpc) is 2.55. The fraction of sp³-hybridized carbons (Fsp3) is 0.176. The molecule has 2 aromatic carbocycles. The van der Waals surface area contributed by atoms with Crippen molar-refractivity contribution in [2.75, 3.05) is 12.4 Å². The van der Waals surface area contributed by atoms with E-state index in [1.807, 2.05) is 30.3 Å². The van der Waals surface area contributed by atoms with E-state index in [0.717, 1.165) is 5.56 Å². The van der Waals surface area contributed by atoms with Gasteiger partial charge in [-0.2, -0.15) is 0 Å². The van der Waals surface area contributed by atoms with E-state index < -0.39 is 12.1 Å². The molecule has 1 N–H and O–H groups in total. The number of anilines is 1. The summed E-state index contributed by atoms with van der Waals surface area (Å²) < 4.78 is 10.5. The van der Waals surface area contributed by atoms with Gasteiger partial charge in [0.2, 0.25) is 0 Å². The van der Waals surface area contributed by atoms with E-state index in [1.54, 1.807) is 18.2 Å². The second-order valence-corrected chi connectivity index (χ2v) is 4.99. The first kappa shape index (κ1) is 14.1. The Morgan fingerprint density at radius 3 is 2.73 bits per heavy atom. The Bertz CT molecular complexity index is 712. The fourth-order valence-electron chi connectivity index (χ4n) is 2.35. The quantitative estimate of drug-likeness (QED) is 0.884. The van der Waals surface area contributed by atoms with Crippen LogP contribution in [-0.2, 0) is 16.0 Å². The van der Waals surface area contributed by atoms with Gasteiger partial charge in [-0.1, -0.05) is 30.3 Å². The molecule has 0 radical (unpaired) electrons. The number of carbonyl (C=O) groups is 2. The lowest BCUT2D eigenvalue weighted by atomic mass is 10.1. The van der Waals surface area contributed by atoms with Crippen LogP contribution >= 0.6 is 0 Å². The predicted octanol–water partition coefficient (Wildman–Crippen LogP) is 2.42. The van der Waals surface area contributed by atoms with Crippen LogP contribution < -0.4 is 10.1 Å². The molecular weight excluding hydrogens is 282 g/mol. The molecule has 112 valence electrons. The number of methoxy groups -OCH3 is 1. The third-order valence-corrected chi connectivity index (χ3v) is 3.49. The first-order chi connectivity index (χ1) is 10.7. The number of fused-ring (bicyclic) bond motifs is 1. The number of esters is 1. The SMILES string of the molecule is COC(=O)c1ccc2c(c1)O[C@@H](Cc1ccccc1)C(=O)N2. The summed E-state index contributed by atoms with van der Waals surface area (Å²) in [6.45, 7) is 0. The normalized spacial score (nSPS) is 16.2. The van der Waals surface area contributed by atoms with Crippen molar-refractivity contribution in [1.29, 1.82) is 0 Å². The minimum atomic E-state index is -0.622. The summed E-state index contributed by atoms with van der Waals surface area (Å²) in [5.74, 6) is -0.159. The fourth-order valence-corrected chi connectivity index (χ4v) is 2.35. The Morgan fingerprint density at radius 2 is 2.00 bits per heavy atom. The Balaban J connectivity index is 1.83. The number of rotatable bonds is 3. The zero-order valence-electron chi connectivity index (χ0n) is 12.0. The predicted molar refractivity (Wildman–Crippen MR) is 81.0 cm³/mol. The van der Waals surface area contributed by atoms with E-state index in [2.05, 4.69) is 10.1 Å². The molecule has 5 heteroatoms. The van der Waals surface area contributed by atoms with Gasteiger partial charge in [0.25, 0.3) is 5.91 Å². The Hall–Kier alpha value is -2.82. The number of carbonyl (C=O) groups excluding carboxylic acids is 2. The molecule has 0 saturated heterocycles. The molecule has 1 atom stereocenters. The van der Waals surface area contributed by atoms with Gasteiger partial charge in [0, 0.05) is 6.42 Å². The number of nitrogens with one attached hydrogen (secondary N) is 1. The first-order valence-corrected chi connectivity index (χ1v) is 6.91. The van der Waals surface area contributed by atoms with Crippen molar-refractivity contribution in [3.05, 3.63) is 59.7 Å². The molecule has 1 aliphatic rings. The maximum Gasteiger partial charge on any atom is 0.337 e. The van der Waals surface area contributed by atoms with E-state index in [0.29, 0.717) is 23.4 Å². The third kappa shape index (κ3) is 2.79. The lowest BCUT2D eigenvalue weighted by Gasteiger charge is -2.26. The highest BCUT2D eigenvalue weighted by atomic mass is 16.5. The molecule has 0 spiro atoms. The van der Waals surface area contributed by atoms with Gasteiger partial charge in [-0.25, -0.2) is 4.79 Å². The van der Waals surface area contributed by atoms with Crippen LogP contribution in [0.4, 0.5) is 5.69 Å². The van der Waals surface area contributed by atoms with Crippen molar-refractivity contribution in [3.8, 4) is 5.75 Å². The molecule has 3 rings (SSSR count). The monoisotopic (exact) mass is 297 g/mol. The number of amides is 1. The van der Waals surface area contributed by atoms with Crippen molar-refractivity contribution in [2.45, 2.75) is 12.5 Å². The van der Waals surface area contributed by atoms with Gasteiger partial charge in [-0.15, -0.1) is 0 Å². The lowest BCUT2D eigenvalue weighted by molar-refractivity contribution is -0.123. The minimum absolute atomic E-state index is 0.192. The topological polar surface area (TPSA) is 64.6 Å². The molecule has 0 unspecified atom stereocenters. The highest BCUT2D eigenvalue weighted by molar-refractivity contribution is 5.99. The minimum Gasteiger partial charge on any atom is -0.478 e. The maximum atomic E-state index is 12.1. The summed E-state index contributed by atoms with van der Waals surface area (Å²) in [6.07, 6.45) is -0.156. The van der Waals surface area contributed by atoms with Crippen molar-refractivity contribution in [1.82, 2.24) is 0 Å². The van der Waals surface area contributed by atoms with E-state index in [9.17, 15) is 9.59 Å². The smallest absolute Gasteiger partial charge is 0.337 e. The summed E-state index contributed by atoms with van der Waals surface area (Å²) in [4.78, 5) is 23.7. The summed E-state index contributed by atoms with van der Waals surface area (Å²) in [5, 5.41) is 2.80. The van der Waals surface area contributed by atoms with Crippen LogP contribution in [0.25, 0.3) is 0 Å². The van der Waals surface area contributed by atoms with Crippen molar-refractivity contribution >= 4 is 17.6 Å². The highest BCUT2D eigenvalue weighted by Crippen LogP contribution is 2.31. The molecule has 1 heterocycles. The van der Waals surface area contributed by atoms with Gasteiger partial charge in [0.05, 0.1) is 18.4 Å². The molecule has 1 aliphatic heterocycles. The summed E-state index contributed by atoms with van der Waals surface area (Å²) in [7, 11) is 1.32.